The maximum Gasteiger partial charge on any atom is 0.339 e. The molecule has 30 heavy (non-hydrogen) atoms. The van der Waals surface area contributed by atoms with Gasteiger partial charge in [0, 0.05) is 26.7 Å². The summed E-state index contributed by atoms with van der Waals surface area (Å²) in [6.07, 6.45) is -5.84. The molecule has 0 aromatic rings. The molecule has 11 nitrogen and oxygen atoms in total. The number of esters is 4. The van der Waals surface area contributed by atoms with Gasteiger partial charge in [-0.1, -0.05) is 20.3 Å². The van der Waals surface area contributed by atoms with Crippen LogP contribution in [0.1, 0.15) is 47.5 Å². The van der Waals surface area contributed by atoms with E-state index in [0.717, 1.165) is 34.3 Å². The minimum Gasteiger partial charge on any atom is -0.467 e. The molecule has 11 heteroatoms. The number of nitrogens with one attached hydrogen (secondary N) is 1. The van der Waals surface area contributed by atoms with Crippen LogP contribution in [0.2, 0.25) is 0 Å². The molecule has 1 saturated heterocycles. The highest BCUT2D eigenvalue weighted by atomic mass is 16.7. The molecule has 1 fully saturated rings. The van der Waals surface area contributed by atoms with E-state index in [1.807, 2.05) is 6.92 Å². The largest absolute Gasteiger partial charge is 0.467 e. The van der Waals surface area contributed by atoms with Crippen molar-refractivity contribution >= 4 is 29.8 Å². The van der Waals surface area contributed by atoms with Gasteiger partial charge in [-0.05, 0) is 6.42 Å². The molecule has 0 bridgehead atoms. The monoisotopic (exact) mass is 431 g/mol. The van der Waals surface area contributed by atoms with Gasteiger partial charge in [-0.15, -0.1) is 0 Å². The quantitative estimate of drug-likeness (QED) is 0.419. The second kappa shape index (κ2) is 11.5. The molecular formula is C19H29NO10. The third kappa shape index (κ3) is 6.97. The molecule has 1 heterocycles. The Morgan fingerprint density at radius 2 is 1.40 bits per heavy atom. The van der Waals surface area contributed by atoms with Crippen molar-refractivity contribution in [3.63, 3.8) is 0 Å². The summed E-state index contributed by atoms with van der Waals surface area (Å²) in [6.45, 7) is 6.90. The van der Waals surface area contributed by atoms with Gasteiger partial charge in [-0.25, -0.2) is 4.79 Å². The minimum absolute atomic E-state index is 0.397. The number of ether oxygens (including phenoxy) is 5. The summed E-state index contributed by atoms with van der Waals surface area (Å²) in [5.74, 6) is -4.10. The van der Waals surface area contributed by atoms with Gasteiger partial charge < -0.3 is 29.0 Å². The van der Waals surface area contributed by atoms with Crippen molar-refractivity contribution in [3.05, 3.63) is 0 Å². The van der Waals surface area contributed by atoms with Crippen molar-refractivity contribution in [2.45, 2.75) is 78.1 Å². The second-order valence-electron chi connectivity index (χ2n) is 6.92. The second-order valence-corrected chi connectivity index (χ2v) is 6.92. The van der Waals surface area contributed by atoms with Gasteiger partial charge in [0.05, 0.1) is 7.11 Å². The van der Waals surface area contributed by atoms with Gasteiger partial charge in [0.15, 0.2) is 30.6 Å². The highest BCUT2D eigenvalue weighted by Crippen LogP contribution is 2.29. The summed E-state index contributed by atoms with van der Waals surface area (Å²) in [5.41, 5.74) is 0. The third-order valence-corrected chi connectivity index (χ3v) is 4.33. The zero-order valence-corrected chi connectivity index (χ0v) is 18.0. The molecule has 1 aliphatic rings. The molecule has 0 aromatic carbocycles. The highest BCUT2D eigenvalue weighted by molar-refractivity contribution is 5.79. The Morgan fingerprint density at radius 1 is 0.900 bits per heavy atom. The summed E-state index contributed by atoms with van der Waals surface area (Å²) in [7, 11) is 1.09. The number of carbonyl (C=O) groups excluding carboxylic acids is 5. The van der Waals surface area contributed by atoms with E-state index in [9.17, 15) is 24.0 Å². The van der Waals surface area contributed by atoms with Gasteiger partial charge in [0.1, 0.15) is 0 Å². The maximum atomic E-state index is 12.5. The van der Waals surface area contributed by atoms with Gasteiger partial charge in [0.25, 0.3) is 0 Å². The van der Waals surface area contributed by atoms with Gasteiger partial charge in [-0.3, -0.25) is 19.2 Å². The highest BCUT2D eigenvalue weighted by Gasteiger charge is 2.55. The van der Waals surface area contributed by atoms with Crippen molar-refractivity contribution in [1.29, 1.82) is 0 Å². The molecule has 0 radical (unpaired) electrons. The smallest absolute Gasteiger partial charge is 0.339 e. The number of hydrogen-bond donors (Lipinski definition) is 1. The molecule has 1 rings (SSSR count). The Bertz CT molecular complexity index is 664. The van der Waals surface area contributed by atoms with Crippen molar-refractivity contribution in [2.75, 3.05) is 7.11 Å². The Balaban J connectivity index is 3.37. The van der Waals surface area contributed by atoms with Gasteiger partial charge in [0.2, 0.25) is 5.91 Å². The molecule has 0 spiro atoms. The lowest BCUT2D eigenvalue weighted by Gasteiger charge is -2.43. The fourth-order valence-corrected chi connectivity index (χ4v) is 3.08. The van der Waals surface area contributed by atoms with Crippen LogP contribution >= 0.6 is 0 Å². The molecule has 0 aromatic heterocycles. The van der Waals surface area contributed by atoms with Crippen LogP contribution in [-0.2, 0) is 47.7 Å². The van der Waals surface area contributed by atoms with Crippen molar-refractivity contribution < 1.29 is 47.7 Å². The molecule has 6 atom stereocenters. The van der Waals surface area contributed by atoms with Crippen molar-refractivity contribution in [3.8, 4) is 0 Å². The Kier molecular flexibility index (Phi) is 9.70. The van der Waals surface area contributed by atoms with Crippen LogP contribution in [0.5, 0.6) is 0 Å². The van der Waals surface area contributed by atoms with E-state index in [0.29, 0.717) is 6.42 Å². The van der Waals surface area contributed by atoms with E-state index >= 15 is 0 Å². The number of carbonyl (C=O) groups is 5. The fourth-order valence-electron chi connectivity index (χ4n) is 3.08. The molecule has 1 amide bonds. The Labute approximate surface area is 174 Å². The summed E-state index contributed by atoms with van der Waals surface area (Å²) in [4.78, 5) is 59.8. The van der Waals surface area contributed by atoms with E-state index in [1.54, 1.807) is 6.92 Å². The molecule has 170 valence electrons. The summed E-state index contributed by atoms with van der Waals surface area (Å²) in [6, 6.07) is 0. The van der Waals surface area contributed by atoms with E-state index in [1.165, 1.54) is 0 Å². The van der Waals surface area contributed by atoms with Gasteiger partial charge in [-0.2, -0.15) is 0 Å². The maximum absolute atomic E-state index is 12.5. The topological polar surface area (TPSA) is 144 Å². The standard InChI is InChI=1S/C19H29NO10/c1-7-8-9(2)17(24)20-18-15(29-12(5)23)13(27-10(3)21)14(28-11(4)22)16(30-18)19(25)26-6/h9,13-16,18H,7-8H2,1-6H3,(H,20,24)/t9?,13-,14-,15+,16-,18+/m0/s1. The average Bonchev–Trinajstić information content (AvgIpc) is 2.64. The van der Waals surface area contributed by atoms with Gasteiger partial charge >= 0.3 is 23.9 Å². The van der Waals surface area contributed by atoms with Crippen LogP contribution in [0.25, 0.3) is 0 Å². The summed E-state index contributed by atoms with van der Waals surface area (Å²) < 4.78 is 25.9. The van der Waals surface area contributed by atoms with E-state index in [2.05, 4.69) is 5.32 Å². The van der Waals surface area contributed by atoms with E-state index in [4.69, 9.17) is 23.7 Å². The average molecular weight is 431 g/mol. The zero-order chi connectivity index (χ0) is 23.0. The predicted molar refractivity (Wildman–Crippen MR) is 99.6 cm³/mol. The SMILES string of the molecule is CCCC(C)C(=O)N[C@@H]1O[C@H](C(=O)OC)[C@@H](OC(C)=O)[C@H](OC(C)=O)[C@H]1OC(C)=O. The lowest BCUT2D eigenvalue weighted by atomic mass is 9.96. The van der Waals surface area contributed by atoms with Crippen molar-refractivity contribution in [2.24, 2.45) is 5.92 Å². The van der Waals surface area contributed by atoms with Crippen LogP contribution in [0.15, 0.2) is 0 Å². The zero-order valence-electron chi connectivity index (χ0n) is 18.0. The molecule has 0 aliphatic carbocycles. The first-order chi connectivity index (χ1) is 14.0. The van der Waals surface area contributed by atoms with E-state index in [-0.39, 0.29) is 0 Å². The molecular weight excluding hydrogens is 402 g/mol. The normalized spacial score (nSPS) is 26.7. The third-order valence-electron chi connectivity index (χ3n) is 4.33. The molecule has 1 N–H and O–H groups in total. The first-order valence-electron chi connectivity index (χ1n) is 9.57. The van der Waals surface area contributed by atoms with Crippen molar-refractivity contribution in [1.82, 2.24) is 5.32 Å². The number of rotatable bonds is 8. The summed E-state index contributed by atoms with van der Waals surface area (Å²) >= 11 is 0. The predicted octanol–water partition coefficient (Wildman–Crippen LogP) is 0.232. The summed E-state index contributed by atoms with van der Waals surface area (Å²) in [5, 5.41) is 2.57. The molecule has 1 aliphatic heterocycles. The van der Waals surface area contributed by atoms with Crippen LogP contribution in [-0.4, -0.2) is 67.5 Å². The molecule has 1 unspecified atom stereocenters. The number of amides is 1. The first kappa shape index (κ1) is 25.3. The van der Waals surface area contributed by atoms with E-state index < -0.39 is 66.3 Å². The van der Waals surface area contributed by atoms with Crippen LogP contribution in [0.3, 0.4) is 0 Å². The fraction of sp³-hybridized carbons (Fsp3) is 0.737. The Morgan fingerprint density at radius 3 is 1.87 bits per heavy atom. The number of hydrogen-bond acceptors (Lipinski definition) is 10. The Hall–Kier alpha value is -2.69. The molecule has 0 saturated carbocycles. The van der Waals surface area contributed by atoms with Crippen LogP contribution in [0, 0.1) is 5.92 Å². The minimum atomic E-state index is -1.54. The lowest BCUT2D eigenvalue weighted by molar-refractivity contribution is -0.253. The van der Waals surface area contributed by atoms with Crippen LogP contribution in [0.4, 0.5) is 0 Å². The first-order valence-corrected chi connectivity index (χ1v) is 9.57. The van der Waals surface area contributed by atoms with Crippen LogP contribution < -0.4 is 5.32 Å². The lowest BCUT2D eigenvalue weighted by Crippen LogP contribution is -2.67. The number of methoxy groups -OCH3 is 1.